The number of allylic oxidation sites excluding steroid dienone is 4. The molecule has 2 aliphatic heterocycles. The van der Waals surface area contributed by atoms with Crippen LogP contribution in [0, 0.1) is 0 Å². The third-order valence-corrected chi connectivity index (χ3v) is 5.91. The number of nitrogens with zero attached hydrogens (tertiary/aromatic N) is 2. The van der Waals surface area contributed by atoms with E-state index in [0.29, 0.717) is 17.0 Å². The van der Waals surface area contributed by atoms with E-state index in [-0.39, 0.29) is 15.1 Å². The van der Waals surface area contributed by atoms with Crippen molar-refractivity contribution in [2.75, 3.05) is 17.3 Å². The quantitative estimate of drug-likeness (QED) is 0.365. The maximum atomic E-state index is 12.3. The van der Waals surface area contributed by atoms with Gasteiger partial charge in [0.05, 0.1) is 10.6 Å². The van der Waals surface area contributed by atoms with Crippen LogP contribution in [-0.2, 0) is 19.7 Å². The largest absolute Gasteiger partial charge is 0.480 e. The molecule has 2 N–H and O–H groups in total. The number of ether oxygens (including phenoxy) is 1. The molecule has 0 radical (unpaired) electrons. The van der Waals surface area contributed by atoms with Crippen LogP contribution in [0.5, 0.6) is 5.75 Å². The molecule has 0 bridgehead atoms. The van der Waals surface area contributed by atoms with Crippen molar-refractivity contribution in [3.8, 4) is 5.75 Å². The van der Waals surface area contributed by atoms with Crippen LogP contribution in [0.2, 0.25) is 0 Å². The van der Waals surface area contributed by atoms with Gasteiger partial charge in [-0.15, -0.1) is 0 Å². The predicted molar refractivity (Wildman–Crippen MR) is 115 cm³/mol. The maximum Gasteiger partial charge on any atom is 0.323 e. The average molecular weight is 469 g/mol. The first-order chi connectivity index (χ1) is 14.0. The Hall–Kier alpha value is -2.67. The summed E-state index contributed by atoms with van der Waals surface area (Å²) in [5.74, 6) is -1.73. The van der Waals surface area contributed by atoms with Crippen LogP contribution in [0.15, 0.2) is 58.9 Å². The van der Waals surface area contributed by atoms with E-state index in [1.54, 1.807) is 43.3 Å². The summed E-state index contributed by atoms with van der Waals surface area (Å²) >= 11 is 6.05. The molecule has 9 nitrogen and oxygen atoms in total. The number of anilines is 1. The van der Waals surface area contributed by atoms with Crippen LogP contribution in [-0.4, -0.2) is 51.6 Å². The number of benzene rings is 1. The first-order valence-electron chi connectivity index (χ1n) is 8.40. The van der Waals surface area contributed by atoms with E-state index in [9.17, 15) is 22.6 Å². The number of para-hydroxylation sites is 2. The number of carbonyl (C=O) groups excluding carboxylic acids is 1. The third kappa shape index (κ3) is 5.08. The highest BCUT2D eigenvalue weighted by Crippen LogP contribution is 2.39. The highest BCUT2D eigenvalue weighted by Gasteiger charge is 2.33. The number of thiocarbonyl (C=S) groups is 1. The number of aliphatic carboxylic acids is 1. The molecule has 3 rings (SSSR count). The van der Waals surface area contributed by atoms with Gasteiger partial charge in [0.15, 0.2) is 11.6 Å². The molecule has 1 amide bonds. The fourth-order valence-electron chi connectivity index (χ4n) is 2.70. The molecular weight excluding hydrogens is 452 g/mol. The van der Waals surface area contributed by atoms with Crippen molar-refractivity contribution in [1.29, 1.82) is 0 Å². The smallest absolute Gasteiger partial charge is 0.323 e. The van der Waals surface area contributed by atoms with Gasteiger partial charge in [-0.2, -0.15) is 8.42 Å². The van der Waals surface area contributed by atoms with Gasteiger partial charge in [-0.3, -0.25) is 23.9 Å². The van der Waals surface area contributed by atoms with Gasteiger partial charge in [0.2, 0.25) is 5.88 Å². The van der Waals surface area contributed by atoms with E-state index < -0.39 is 34.4 Å². The fraction of sp³-hybridized carbons (Fsp3) is 0.167. The van der Waals surface area contributed by atoms with Gasteiger partial charge in [-0.05, 0) is 36.8 Å². The molecule has 1 aromatic carbocycles. The van der Waals surface area contributed by atoms with E-state index in [4.69, 9.17) is 22.1 Å². The third-order valence-electron chi connectivity index (χ3n) is 3.94. The second-order valence-electron chi connectivity index (χ2n) is 6.29. The average Bonchev–Trinajstić information content (AvgIpc) is 3.11. The van der Waals surface area contributed by atoms with Gasteiger partial charge in [-0.1, -0.05) is 42.2 Å². The molecule has 1 fully saturated rings. The molecule has 12 heteroatoms. The van der Waals surface area contributed by atoms with Gasteiger partial charge in [0, 0.05) is 0 Å². The molecule has 0 saturated carbocycles. The summed E-state index contributed by atoms with van der Waals surface area (Å²) < 4.78 is 37.9. The zero-order valence-corrected chi connectivity index (χ0v) is 18.0. The van der Waals surface area contributed by atoms with Crippen LogP contribution < -0.4 is 9.64 Å². The Morgan fingerprint density at radius 1 is 1.30 bits per heavy atom. The summed E-state index contributed by atoms with van der Waals surface area (Å²) in [5.41, 5.74) is 1.10. The van der Waals surface area contributed by atoms with Crippen molar-refractivity contribution in [2.24, 2.45) is 0 Å². The summed E-state index contributed by atoms with van der Waals surface area (Å²) in [7, 11) is -4.31. The van der Waals surface area contributed by atoms with Crippen LogP contribution in [0.3, 0.4) is 0 Å². The van der Waals surface area contributed by atoms with Crippen molar-refractivity contribution in [3.63, 3.8) is 0 Å². The van der Waals surface area contributed by atoms with Gasteiger partial charge < -0.3 is 9.84 Å². The summed E-state index contributed by atoms with van der Waals surface area (Å²) in [4.78, 5) is 25.8. The lowest BCUT2D eigenvalue weighted by Crippen LogP contribution is -2.33. The Kier molecular flexibility index (Phi) is 6.31. The zero-order valence-electron chi connectivity index (χ0n) is 15.5. The molecule has 158 valence electrons. The number of carbonyl (C=O) groups is 2. The van der Waals surface area contributed by atoms with Gasteiger partial charge in [-0.25, -0.2) is 0 Å². The molecular formula is C18H16N2O7S3. The van der Waals surface area contributed by atoms with Gasteiger partial charge >= 0.3 is 5.97 Å². The topological polar surface area (TPSA) is 124 Å². The van der Waals surface area contributed by atoms with Crippen LogP contribution in [0.25, 0.3) is 0 Å². The Morgan fingerprint density at radius 3 is 2.67 bits per heavy atom. The maximum absolute atomic E-state index is 12.3. The standard InChI is InChI=1S/C18H16N2O7S3/c1-11(8-14-17(23)19(9-16(21)22)18(28)29-14)6-7-15-20(10-30(24,25)26)12-4-2-3-5-13(12)27-15/h2-8H,9-10H2,1H3,(H,21,22)(H,24,25,26)/b11-6?,14-8+,15-7?. The van der Waals surface area contributed by atoms with Gasteiger partial charge in [0.25, 0.3) is 16.0 Å². The molecule has 30 heavy (non-hydrogen) atoms. The van der Waals surface area contributed by atoms with Crippen molar-refractivity contribution < 1.29 is 32.4 Å². The molecule has 1 saturated heterocycles. The number of hydrogen-bond acceptors (Lipinski definition) is 8. The fourth-order valence-corrected chi connectivity index (χ4v) is 4.60. The van der Waals surface area contributed by atoms with Gasteiger partial charge in [0.1, 0.15) is 10.9 Å². The minimum Gasteiger partial charge on any atom is -0.480 e. The van der Waals surface area contributed by atoms with Crippen molar-refractivity contribution in [1.82, 2.24) is 4.90 Å². The second-order valence-corrected chi connectivity index (χ2v) is 9.38. The monoisotopic (exact) mass is 468 g/mol. The Bertz CT molecular complexity index is 1120. The SMILES string of the molecule is CC(=CC=C1Oc2ccccc2N1CS(=O)(=O)O)/C=C1/SC(=S)N(CC(=O)O)C1=O. The number of rotatable bonds is 6. The second kappa shape index (κ2) is 8.60. The van der Waals surface area contributed by atoms with Crippen LogP contribution >= 0.6 is 24.0 Å². The normalized spacial score (nSPS) is 19.6. The molecule has 2 aliphatic rings. The minimum atomic E-state index is -4.31. The summed E-state index contributed by atoms with van der Waals surface area (Å²) in [5, 5.41) is 8.88. The highest BCUT2D eigenvalue weighted by molar-refractivity contribution is 8.26. The predicted octanol–water partition coefficient (Wildman–Crippen LogP) is 2.35. The molecule has 0 aromatic heterocycles. The number of fused-ring (bicyclic) bond motifs is 1. The number of carboxylic acids is 1. The molecule has 0 unspecified atom stereocenters. The summed E-state index contributed by atoms with van der Waals surface area (Å²) in [6.45, 7) is 1.20. The van der Waals surface area contributed by atoms with E-state index >= 15 is 0 Å². The summed E-state index contributed by atoms with van der Waals surface area (Å²) in [6.07, 6.45) is 4.66. The first kappa shape index (κ1) is 22.0. The Labute approximate surface area is 182 Å². The zero-order chi connectivity index (χ0) is 22.1. The number of thioether (sulfide) groups is 1. The van der Waals surface area contributed by atoms with E-state index in [1.165, 1.54) is 11.0 Å². The number of hydrogen-bond donors (Lipinski definition) is 2. The lowest BCUT2D eigenvalue weighted by atomic mass is 10.2. The molecule has 1 aromatic rings. The first-order valence-corrected chi connectivity index (χ1v) is 11.2. The number of amides is 1. The molecule has 0 atom stereocenters. The summed E-state index contributed by atoms with van der Waals surface area (Å²) in [6, 6.07) is 6.76. The number of carboxylic acid groups (broad SMARTS) is 1. The molecule has 2 heterocycles. The van der Waals surface area contributed by atoms with Crippen LogP contribution in [0.1, 0.15) is 6.92 Å². The van der Waals surface area contributed by atoms with Crippen molar-refractivity contribution in [3.05, 3.63) is 58.9 Å². The Balaban J connectivity index is 1.84. The minimum absolute atomic E-state index is 0.161. The van der Waals surface area contributed by atoms with Crippen molar-refractivity contribution in [2.45, 2.75) is 6.92 Å². The lowest BCUT2D eigenvalue weighted by molar-refractivity contribution is -0.140. The van der Waals surface area contributed by atoms with E-state index in [1.807, 2.05) is 0 Å². The lowest BCUT2D eigenvalue weighted by Gasteiger charge is -2.15. The van der Waals surface area contributed by atoms with E-state index in [0.717, 1.165) is 16.7 Å². The highest BCUT2D eigenvalue weighted by atomic mass is 32.2. The van der Waals surface area contributed by atoms with Crippen molar-refractivity contribution >= 4 is 56.0 Å². The molecule has 0 aliphatic carbocycles. The van der Waals surface area contributed by atoms with E-state index in [2.05, 4.69) is 0 Å². The Morgan fingerprint density at radius 2 is 2.00 bits per heavy atom. The van der Waals surface area contributed by atoms with Crippen LogP contribution in [0.4, 0.5) is 5.69 Å². The molecule has 0 spiro atoms.